The maximum absolute atomic E-state index is 12.5. The smallest absolute Gasteiger partial charge is 0.173 e. The first kappa shape index (κ1) is 25.2. The Morgan fingerprint density at radius 1 is 1.03 bits per heavy atom. The second-order valence-electron chi connectivity index (χ2n) is 13.4. The molecule has 5 nitrogen and oxygen atoms in total. The van der Waals surface area contributed by atoms with Crippen molar-refractivity contribution in [2.24, 2.45) is 40.4 Å². The number of aliphatic hydroxyl groups excluding tert-OH is 2. The predicted octanol–water partition coefficient (Wildman–Crippen LogP) is 4.83. The fraction of sp³-hybridized carbons (Fsp3) is 0.931. The highest BCUT2D eigenvalue weighted by Gasteiger charge is 2.71. The summed E-state index contributed by atoms with van der Waals surface area (Å²) in [4.78, 5) is 0. The molecule has 3 N–H and O–H groups in total. The molecule has 0 aromatic carbocycles. The van der Waals surface area contributed by atoms with Gasteiger partial charge in [-0.1, -0.05) is 46.3 Å². The van der Waals surface area contributed by atoms with Crippen molar-refractivity contribution in [3.05, 3.63) is 11.6 Å². The lowest BCUT2D eigenvalue weighted by Crippen LogP contribution is -2.64. The maximum atomic E-state index is 12.5. The number of hydrogen-bond donors (Lipinski definition) is 3. The van der Waals surface area contributed by atoms with Crippen molar-refractivity contribution in [2.45, 2.75) is 116 Å². The summed E-state index contributed by atoms with van der Waals surface area (Å²) in [5.74, 6) is 0.709. The molecule has 5 aliphatic rings. The van der Waals surface area contributed by atoms with Gasteiger partial charge in [-0.3, -0.25) is 0 Å². The number of hydrogen-bond acceptors (Lipinski definition) is 5. The lowest BCUT2D eigenvalue weighted by atomic mass is 9.46. The zero-order valence-electron chi connectivity index (χ0n) is 22.1. The van der Waals surface area contributed by atoms with Crippen molar-refractivity contribution in [3.8, 4) is 0 Å². The minimum atomic E-state index is -1.24. The van der Waals surface area contributed by atoms with Gasteiger partial charge >= 0.3 is 0 Å². The molecule has 34 heavy (non-hydrogen) atoms. The molecule has 5 rings (SSSR count). The van der Waals surface area contributed by atoms with E-state index in [1.54, 1.807) is 0 Å². The molecule has 0 aromatic rings. The third-order valence-corrected chi connectivity index (χ3v) is 11.5. The van der Waals surface area contributed by atoms with Crippen LogP contribution in [-0.4, -0.2) is 52.1 Å². The molecule has 194 valence electrons. The van der Waals surface area contributed by atoms with E-state index in [-0.39, 0.29) is 28.8 Å². The van der Waals surface area contributed by atoms with Crippen LogP contribution in [0.2, 0.25) is 0 Å². The summed E-state index contributed by atoms with van der Waals surface area (Å²) >= 11 is 0. The second kappa shape index (κ2) is 8.55. The van der Waals surface area contributed by atoms with Crippen LogP contribution in [0.1, 0.15) is 92.4 Å². The van der Waals surface area contributed by atoms with Crippen LogP contribution in [0.4, 0.5) is 0 Å². The van der Waals surface area contributed by atoms with Gasteiger partial charge in [0.1, 0.15) is 5.60 Å². The molecule has 0 amide bonds. The number of ether oxygens (including phenoxy) is 2. The van der Waals surface area contributed by atoms with Gasteiger partial charge in [0.05, 0.1) is 25.4 Å². The molecule has 0 bridgehead atoms. The van der Waals surface area contributed by atoms with Gasteiger partial charge in [-0.05, 0) is 80.5 Å². The van der Waals surface area contributed by atoms with Crippen molar-refractivity contribution in [2.75, 3.05) is 13.2 Å². The molecule has 1 saturated heterocycles. The largest absolute Gasteiger partial charge is 0.393 e. The molecule has 4 fully saturated rings. The van der Waals surface area contributed by atoms with Crippen LogP contribution in [0.15, 0.2) is 11.6 Å². The lowest BCUT2D eigenvalue weighted by molar-refractivity contribution is -0.279. The van der Waals surface area contributed by atoms with E-state index >= 15 is 0 Å². The molecular weight excluding hydrogens is 428 g/mol. The molecule has 9 atom stereocenters. The Morgan fingerprint density at radius 2 is 1.74 bits per heavy atom. The predicted molar refractivity (Wildman–Crippen MR) is 132 cm³/mol. The van der Waals surface area contributed by atoms with E-state index in [9.17, 15) is 15.3 Å². The van der Waals surface area contributed by atoms with Crippen molar-refractivity contribution in [3.63, 3.8) is 0 Å². The van der Waals surface area contributed by atoms with Crippen LogP contribution < -0.4 is 0 Å². The normalized spacial score (nSPS) is 48.7. The quantitative estimate of drug-likeness (QED) is 0.496. The van der Waals surface area contributed by atoms with Crippen molar-refractivity contribution >= 4 is 0 Å². The van der Waals surface area contributed by atoms with E-state index in [1.165, 1.54) is 5.57 Å². The van der Waals surface area contributed by atoms with E-state index in [0.29, 0.717) is 37.4 Å². The van der Waals surface area contributed by atoms with Gasteiger partial charge in [0, 0.05) is 17.8 Å². The molecule has 3 saturated carbocycles. The van der Waals surface area contributed by atoms with Crippen LogP contribution in [0.25, 0.3) is 0 Å². The summed E-state index contributed by atoms with van der Waals surface area (Å²) < 4.78 is 12.6. The standard InChI is InChI=1S/C29H48O5/c1-18(2)8-13-28(33-14-15-34-28)19(3)29(32)25(31)17-24-22-7-6-20-16-21(30)9-11-26(20,4)23(22)10-12-27(24,29)5/h6,18-19,21-25,30-32H,7-17H2,1-5H3/t19-,21+,22-,23+,24+,25+,26+,27+,29-/m1/s1. The van der Waals surface area contributed by atoms with E-state index in [0.717, 1.165) is 51.4 Å². The van der Waals surface area contributed by atoms with Crippen LogP contribution in [0.5, 0.6) is 0 Å². The van der Waals surface area contributed by atoms with E-state index in [1.807, 2.05) is 0 Å². The average Bonchev–Trinajstić information content (AvgIpc) is 3.35. The first-order valence-electron chi connectivity index (χ1n) is 14.0. The first-order chi connectivity index (χ1) is 16.0. The Hall–Kier alpha value is -0.460. The van der Waals surface area contributed by atoms with Gasteiger partial charge in [-0.25, -0.2) is 0 Å². The number of rotatable bonds is 5. The Kier molecular flexibility index (Phi) is 6.34. The van der Waals surface area contributed by atoms with E-state index < -0.39 is 17.5 Å². The monoisotopic (exact) mass is 476 g/mol. The average molecular weight is 477 g/mol. The topological polar surface area (TPSA) is 79.2 Å². The molecule has 5 heteroatoms. The highest BCUT2D eigenvalue weighted by Crippen LogP contribution is 2.69. The Morgan fingerprint density at radius 3 is 2.41 bits per heavy atom. The third kappa shape index (κ3) is 3.44. The van der Waals surface area contributed by atoms with Crippen molar-refractivity contribution in [1.82, 2.24) is 0 Å². The van der Waals surface area contributed by atoms with Gasteiger partial charge in [0.25, 0.3) is 0 Å². The molecular formula is C29H48O5. The maximum Gasteiger partial charge on any atom is 0.173 e. The fourth-order valence-electron chi connectivity index (χ4n) is 9.38. The zero-order valence-corrected chi connectivity index (χ0v) is 22.1. The summed E-state index contributed by atoms with van der Waals surface area (Å²) in [6.07, 6.45) is 9.57. The van der Waals surface area contributed by atoms with Crippen molar-refractivity contribution < 1.29 is 24.8 Å². The summed E-state index contributed by atoms with van der Waals surface area (Å²) in [5.41, 5.74) is -0.00366. The zero-order chi connectivity index (χ0) is 24.5. The van der Waals surface area contributed by atoms with Gasteiger partial charge in [-0.2, -0.15) is 0 Å². The molecule has 0 aromatic heterocycles. The van der Waals surface area contributed by atoms with E-state index in [2.05, 4.69) is 40.7 Å². The first-order valence-corrected chi connectivity index (χ1v) is 14.0. The lowest BCUT2D eigenvalue weighted by Gasteiger charge is -2.60. The number of fused-ring (bicyclic) bond motifs is 5. The second-order valence-corrected chi connectivity index (χ2v) is 13.4. The number of allylic oxidation sites excluding steroid dienone is 1. The van der Waals surface area contributed by atoms with Crippen LogP contribution in [-0.2, 0) is 9.47 Å². The molecule has 1 heterocycles. The summed E-state index contributed by atoms with van der Waals surface area (Å²) in [7, 11) is 0. The molecule has 0 unspecified atom stereocenters. The summed E-state index contributed by atoms with van der Waals surface area (Å²) in [6, 6.07) is 0. The minimum absolute atomic E-state index is 0.150. The van der Waals surface area contributed by atoms with E-state index in [4.69, 9.17) is 9.47 Å². The number of aliphatic hydroxyl groups is 3. The fourth-order valence-corrected chi connectivity index (χ4v) is 9.38. The Labute approximate surface area is 206 Å². The van der Waals surface area contributed by atoms with Gasteiger partial charge in [0.2, 0.25) is 0 Å². The molecule has 4 aliphatic carbocycles. The van der Waals surface area contributed by atoms with Crippen LogP contribution >= 0.6 is 0 Å². The Balaban J connectivity index is 1.46. The summed E-state index contributed by atoms with van der Waals surface area (Å²) in [5, 5.41) is 34.4. The molecule has 0 radical (unpaired) electrons. The van der Waals surface area contributed by atoms with Gasteiger partial charge < -0.3 is 24.8 Å². The van der Waals surface area contributed by atoms with Gasteiger partial charge in [0.15, 0.2) is 5.79 Å². The molecule has 0 spiro atoms. The highest BCUT2D eigenvalue weighted by atomic mass is 16.7. The van der Waals surface area contributed by atoms with Crippen LogP contribution in [0.3, 0.4) is 0 Å². The highest BCUT2D eigenvalue weighted by molar-refractivity contribution is 5.27. The van der Waals surface area contributed by atoms with Crippen molar-refractivity contribution in [1.29, 1.82) is 0 Å². The van der Waals surface area contributed by atoms with Crippen LogP contribution in [0, 0.1) is 40.4 Å². The SMILES string of the molecule is CC(C)CCC1([C@@H](C)[C@@]2(O)[C@@H](O)C[C@H]3[C@@H]4CC=C5C[C@@H](O)CC[C@]5(C)[C@H]4CC[C@@]32C)OCCO1. The Bertz CT molecular complexity index is 802. The molecule has 1 aliphatic heterocycles. The van der Waals surface area contributed by atoms with Gasteiger partial charge in [-0.15, -0.1) is 0 Å². The third-order valence-electron chi connectivity index (χ3n) is 11.5. The minimum Gasteiger partial charge on any atom is -0.393 e. The summed E-state index contributed by atoms with van der Waals surface area (Å²) in [6.45, 7) is 12.3.